The third-order valence-corrected chi connectivity index (χ3v) is 6.16. The molecule has 6 heteroatoms. The summed E-state index contributed by atoms with van der Waals surface area (Å²) in [5.41, 5.74) is 0. The minimum Gasteiger partial charge on any atom is -0.492 e. The summed E-state index contributed by atoms with van der Waals surface area (Å²) in [6.45, 7) is 4.42. The molecule has 2 atom stereocenters. The summed E-state index contributed by atoms with van der Waals surface area (Å²) in [6.07, 6.45) is 2.71. The van der Waals surface area contributed by atoms with Crippen LogP contribution in [0.1, 0.15) is 33.1 Å². The third-order valence-electron chi connectivity index (χ3n) is 3.93. The van der Waals surface area contributed by atoms with Gasteiger partial charge < -0.3 is 4.74 Å². The highest BCUT2D eigenvalue weighted by Gasteiger charge is 2.38. The molecule has 0 radical (unpaired) electrons. The van der Waals surface area contributed by atoms with Crippen molar-refractivity contribution in [2.24, 2.45) is 0 Å². The van der Waals surface area contributed by atoms with E-state index in [1.54, 1.807) is 28.6 Å². The topological polar surface area (TPSA) is 46.6 Å². The first-order valence-electron chi connectivity index (χ1n) is 7.33. The van der Waals surface area contributed by atoms with Crippen molar-refractivity contribution in [3.63, 3.8) is 0 Å². The van der Waals surface area contributed by atoms with E-state index in [4.69, 9.17) is 16.3 Å². The largest absolute Gasteiger partial charge is 0.492 e. The monoisotopic (exact) mass is 331 g/mol. The Morgan fingerprint density at radius 1 is 1.29 bits per heavy atom. The molecule has 0 spiro atoms. The van der Waals surface area contributed by atoms with Crippen LogP contribution in [0.2, 0.25) is 0 Å². The maximum atomic E-state index is 12.8. The van der Waals surface area contributed by atoms with E-state index in [0.29, 0.717) is 23.1 Å². The third kappa shape index (κ3) is 3.52. The van der Waals surface area contributed by atoms with Crippen LogP contribution in [0.3, 0.4) is 0 Å². The van der Waals surface area contributed by atoms with Crippen molar-refractivity contribution in [2.75, 3.05) is 12.5 Å². The van der Waals surface area contributed by atoms with Crippen LogP contribution in [0.4, 0.5) is 0 Å². The molecule has 1 heterocycles. The fourth-order valence-electron chi connectivity index (χ4n) is 2.85. The van der Waals surface area contributed by atoms with E-state index in [2.05, 4.69) is 0 Å². The summed E-state index contributed by atoms with van der Waals surface area (Å²) in [4.78, 5) is 0.327. The van der Waals surface area contributed by atoms with Gasteiger partial charge in [-0.25, -0.2) is 8.42 Å². The summed E-state index contributed by atoms with van der Waals surface area (Å²) in [5, 5.41) is 0. The van der Waals surface area contributed by atoms with Gasteiger partial charge >= 0.3 is 0 Å². The Kier molecular flexibility index (Phi) is 5.52. The van der Waals surface area contributed by atoms with Gasteiger partial charge in [-0.05, 0) is 50.5 Å². The Hall–Kier alpha value is -0.780. The Morgan fingerprint density at radius 2 is 1.95 bits per heavy atom. The van der Waals surface area contributed by atoms with Gasteiger partial charge in [-0.3, -0.25) is 0 Å². The molecular weight excluding hydrogens is 310 g/mol. The van der Waals surface area contributed by atoms with Crippen molar-refractivity contribution in [1.82, 2.24) is 4.31 Å². The zero-order valence-corrected chi connectivity index (χ0v) is 14.0. The summed E-state index contributed by atoms with van der Waals surface area (Å²) in [7, 11) is -3.43. The first-order chi connectivity index (χ1) is 10.0. The molecule has 1 aliphatic heterocycles. The normalized spacial score (nSPS) is 23.4. The van der Waals surface area contributed by atoms with E-state index in [1.165, 1.54) is 0 Å². The molecule has 0 aliphatic carbocycles. The lowest BCUT2D eigenvalue weighted by Crippen LogP contribution is -2.39. The average molecular weight is 332 g/mol. The Labute approximate surface area is 132 Å². The van der Waals surface area contributed by atoms with Crippen molar-refractivity contribution in [3.8, 4) is 5.75 Å². The highest BCUT2D eigenvalue weighted by Crippen LogP contribution is 2.32. The number of benzene rings is 1. The average Bonchev–Trinajstić information content (AvgIpc) is 2.87. The van der Waals surface area contributed by atoms with Crippen molar-refractivity contribution < 1.29 is 13.2 Å². The lowest BCUT2D eigenvalue weighted by molar-refractivity contribution is 0.328. The van der Waals surface area contributed by atoms with Crippen molar-refractivity contribution in [1.29, 1.82) is 0 Å². The maximum Gasteiger partial charge on any atom is 0.243 e. The molecule has 0 amide bonds. The molecule has 1 aromatic rings. The van der Waals surface area contributed by atoms with E-state index in [1.807, 2.05) is 13.8 Å². The van der Waals surface area contributed by atoms with Gasteiger partial charge in [-0.15, -0.1) is 11.6 Å². The molecular formula is C15H22ClNO3S. The fourth-order valence-corrected chi connectivity index (χ4v) is 4.88. The number of nitrogens with zero attached hydrogens (tertiary/aromatic N) is 1. The Balaban J connectivity index is 2.22. The van der Waals surface area contributed by atoms with Gasteiger partial charge in [0, 0.05) is 12.1 Å². The maximum absolute atomic E-state index is 12.8. The molecule has 1 aliphatic rings. The molecule has 4 nitrogen and oxygen atoms in total. The van der Waals surface area contributed by atoms with Crippen molar-refractivity contribution in [2.45, 2.75) is 50.1 Å². The van der Waals surface area contributed by atoms with Crippen molar-refractivity contribution in [3.05, 3.63) is 24.3 Å². The zero-order chi connectivity index (χ0) is 15.5. The van der Waals surface area contributed by atoms with Crippen LogP contribution in [0.5, 0.6) is 5.75 Å². The number of halogens is 1. The molecule has 1 fully saturated rings. The SMILES string of the molecule is CCC1CCC(C)N1S(=O)(=O)c1ccc(OCCCl)cc1. The highest BCUT2D eigenvalue weighted by molar-refractivity contribution is 7.89. The molecule has 118 valence electrons. The second kappa shape index (κ2) is 6.99. The molecule has 1 saturated heterocycles. The number of hydrogen-bond acceptors (Lipinski definition) is 3. The van der Waals surface area contributed by atoms with Crippen LogP contribution < -0.4 is 4.74 Å². The molecule has 0 N–H and O–H groups in total. The number of alkyl halides is 1. The number of hydrogen-bond donors (Lipinski definition) is 0. The smallest absolute Gasteiger partial charge is 0.243 e. The van der Waals surface area contributed by atoms with Gasteiger partial charge in [0.2, 0.25) is 10.0 Å². The first kappa shape index (κ1) is 16.6. The van der Waals surface area contributed by atoms with Crippen molar-refractivity contribution >= 4 is 21.6 Å². The molecule has 0 aromatic heterocycles. The van der Waals surface area contributed by atoms with Crippen LogP contribution in [-0.4, -0.2) is 37.3 Å². The van der Waals surface area contributed by atoms with Crippen LogP contribution >= 0.6 is 11.6 Å². The quantitative estimate of drug-likeness (QED) is 0.752. The first-order valence-corrected chi connectivity index (χ1v) is 9.30. The summed E-state index contributed by atoms with van der Waals surface area (Å²) >= 11 is 5.56. The fraction of sp³-hybridized carbons (Fsp3) is 0.600. The number of sulfonamides is 1. The summed E-state index contributed by atoms with van der Waals surface area (Å²) in [5.74, 6) is 1.04. The Morgan fingerprint density at radius 3 is 2.52 bits per heavy atom. The molecule has 0 saturated carbocycles. The predicted octanol–water partition coefficient (Wildman–Crippen LogP) is 3.26. The highest BCUT2D eigenvalue weighted by atomic mass is 35.5. The number of ether oxygens (including phenoxy) is 1. The standard InChI is InChI=1S/C15H22ClNO3S/c1-3-13-5-4-12(2)17(13)21(18,19)15-8-6-14(7-9-15)20-11-10-16/h6-9,12-13H,3-5,10-11H2,1-2H3. The minimum absolute atomic E-state index is 0.0622. The lowest BCUT2D eigenvalue weighted by atomic mass is 10.2. The van der Waals surface area contributed by atoms with Crippen LogP contribution in [-0.2, 0) is 10.0 Å². The van der Waals surface area contributed by atoms with Gasteiger partial charge in [-0.2, -0.15) is 4.31 Å². The zero-order valence-electron chi connectivity index (χ0n) is 12.5. The predicted molar refractivity (Wildman–Crippen MR) is 84.5 cm³/mol. The van der Waals surface area contributed by atoms with E-state index in [0.717, 1.165) is 19.3 Å². The minimum atomic E-state index is -3.43. The van der Waals surface area contributed by atoms with E-state index >= 15 is 0 Å². The Bertz CT molecular complexity index is 559. The summed E-state index contributed by atoms with van der Waals surface area (Å²) in [6, 6.07) is 6.75. The molecule has 21 heavy (non-hydrogen) atoms. The van der Waals surface area contributed by atoms with E-state index in [-0.39, 0.29) is 12.1 Å². The van der Waals surface area contributed by atoms with Gasteiger partial charge in [0.15, 0.2) is 0 Å². The van der Waals surface area contributed by atoms with E-state index in [9.17, 15) is 8.42 Å². The summed E-state index contributed by atoms with van der Waals surface area (Å²) < 4.78 is 32.6. The number of rotatable bonds is 6. The van der Waals surface area contributed by atoms with Crippen LogP contribution in [0, 0.1) is 0 Å². The molecule has 2 unspecified atom stereocenters. The van der Waals surface area contributed by atoms with Gasteiger partial charge in [-0.1, -0.05) is 6.92 Å². The van der Waals surface area contributed by atoms with Gasteiger partial charge in [0.1, 0.15) is 12.4 Å². The second-order valence-corrected chi connectivity index (χ2v) is 7.55. The van der Waals surface area contributed by atoms with E-state index < -0.39 is 10.0 Å². The molecule has 1 aromatic carbocycles. The molecule has 2 rings (SSSR count). The second-order valence-electron chi connectivity index (χ2n) is 5.33. The molecule has 0 bridgehead atoms. The lowest BCUT2D eigenvalue weighted by Gasteiger charge is -2.27. The van der Waals surface area contributed by atoms with Crippen LogP contribution in [0.25, 0.3) is 0 Å². The van der Waals surface area contributed by atoms with Crippen LogP contribution in [0.15, 0.2) is 29.2 Å². The van der Waals surface area contributed by atoms with Gasteiger partial charge in [0.05, 0.1) is 10.8 Å². The van der Waals surface area contributed by atoms with Gasteiger partial charge in [0.25, 0.3) is 0 Å².